The zero-order valence-corrected chi connectivity index (χ0v) is 34.3. The number of benzene rings is 1. The molecule has 5 amide bonds. The molecular formula is C39H62N6O7S. The van der Waals surface area contributed by atoms with Gasteiger partial charge in [-0.2, -0.15) is 4.31 Å². The minimum atomic E-state index is -3.87. The van der Waals surface area contributed by atoms with Crippen LogP contribution in [0.5, 0.6) is 0 Å². The van der Waals surface area contributed by atoms with Crippen molar-refractivity contribution in [3.63, 3.8) is 0 Å². The van der Waals surface area contributed by atoms with E-state index in [9.17, 15) is 32.4 Å². The molecule has 1 saturated heterocycles. The second-order valence-electron chi connectivity index (χ2n) is 17.3. The number of hydrogen-bond donors (Lipinski definition) is 4. The minimum Gasteiger partial charge on any atom is -0.346 e. The Morgan fingerprint density at radius 2 is 1.64 bits per heavy atom. The van der Waals surface area contributed by atoms with Gasteiger partial charge in [0.05, 0.1) is 10.9 Å². The zero-order valence-electron chi connectivity index (χ0n) is 33.5. The number of rotatable bonds is 16. The maximum atomic E-state index is 14.5. The third-order valence-electron chi connectivity index (χ3n) is 10.8. The lowest BCUT2D eigenvalue weighted by molar-refractivity contribution is -0.145. The second-order valence-corrected chi connectivity index (χ2v) is 19.4. The fourth-order valence-electron chi connectivity index (χ4n) is 7.21. The predicted molar refractivity (Wildman–Crippen MR) is 205 cm³/mol. The Hall–Kier alpha value is -3.78. The van der Waals surface area contributed by atoms with Gasteiger partial charge in [-0.1, -0.05) is 99.4 Å². The third kappa shape index (κ3) is 10.1. The summed E-state index contributed by atoms with van der Waals surface area (Å²) < 4.78 is 28.2. The SMILES string of the molecule is C=CCNC(=O)C(=O)C(CCCC)NC(=O)[C@@H]1[C@@H]2[C@H](CN1C(=O)[C@@H](NC(=O)N[C@H](CN(C)S(=O)(=O)c1ccccc1C)C(C)(C)C)C(C)(C)C)C2(C)C. The zero-order chi connectivity index (χ0) is 40.3. The van der Waals surface area contributed by atoms with Crippen LogP contribution in [0.1, 0.15) is 87.1 Å². The molecule has 296 valence electrons. The van der Waals surface area contributed by atoms with Gasteiger partial charge in [-0.15, -0.1) is 6.58 Å². The number of Topliss-reactive ketones (excluding diaryl/α,β-unsaturated/α-hetero) is 1. The molecule has 0 aromatic heterocycles. The number of piperidine rings is 1. The van der Waals surface area contributed by atoms with Crippen molar-refractivity contribution in [1.82, 2.24) is 30.5 Å². The van der Waals surface area contributed by atoms with Gasteiger partial charge in [-0.3, -0.25) is 19.2 Å². The topological polar surface area (TPSA) is 174 Å². The van der Waals surface area contributed by atoms with Crippen molar-refractivity contribution in [3.8, 4) is 0 Å². The molecule has 3 rings (SSSR count). The maximum absolute atomic E-state index is 14.5. The fraction of sp³-hybridized carbons (Fsp3) is 0.667. The maximum Gasteiger partial charge on any atom is 0.315 e. The number of urea groups is 1. The number of fused-ring (bicyclic) bond motifs is 1. The largest absolute Gasteiger partial charge is 0.346 e. The Labute approximate surface area is 316 Å². The number of carbonyl (C=O) groups is 5. The van der Waals surface area contributed by atoms with Crippen LogP contribution in [-0.2, 0) is 29.2 Å². The number of ketones is 1. The third-order valence-corrected chi connectivity index (χ3v) is 12.8. The van der Waals surface area contributed by atoms with Crippen LogP contribution >= 0.6 is 0 Å². The van der Waals surface area contributed by atoms with Crippen molar-refractivity contribution < 1.29 is 32.4 Å². The number of sulfonamides is 1. The minimum absolute atomic E-state index is 0.0297. The monoisotopic (exact) mass is 758 g/mol. The average molecular weight is 759 g/mol. The van der Waals surface area contributed by atoms with Gasteiger partial charge in [-0.25, -0.2) is 13.2 Å². The molecule has 1 heterocycles. The van der Waals surface area contributed by atoms with Gasteiger partial charge in [0.25, 0.3) is 5.91 Å². The highest BCUT2D eigenvalue weighted by Crippen LogP contribution is 2.65. The van der Waals surface area contributed by atoms with Crippen LogP contribution in [0, 0.1) is 35.0 Å². The Balaban J connectivity index is 1.85. The van der Waals surface area contributed by atoms with E-state index in [0.717, 1.165) is 6.42 Å². The summed E-state index contributed by atoms with van der Waals surface area (Å²) in [7, 11) is -2.40. The van der Waals surface area contributed by atoms with Crippen LogP contribution in [0.3, 0.4) is 0 Å². The van der Waals surface area contributed by atoms with Gasteiger partial charge >= 0.3 is 6.03 Å². The quantitative estimate of drug-likeness (QED) is 0.147. The number of amides is 5. The van der Waals surface area contributed by atoms with Gasteiger partial charge in [0, 0.05) is 32.7 Å². The summed E-state index contributed by atoms with van der Waals surface area (Å²) in [5, 5.41) is 11.1. The van der Waals surface area contributed by atoms with E-state index >= 15 is 0 Å². The number of carbonyl (C=O) groups excluding carboxylic acids is 5. The van der Waals surface area contributed by atoms with E-state index in [1.54, 1.807) is 31.2 Å². The first-order valence-corrected chi connectivity index (χ1v) is 20.0. The molecule has 6 atom stereocenters. The molecule has 1 aromatic carbocycles. The van der Waals surface area contributed by atoms with Crippen LogP contribution in [0.2, 0.25) is 0 Å². The summed E-state index contributed by atoms with van der Waals surface area (Å²) in [5.41, 5.74) is -0.984. The summed E-state index contributed by atoms with van der Waals surface area (Å²) >= 11 is 0. The standard InChI is InChI=1S/C39H62N6O7S/c1-13-15-19-26(31(46)34(48)40-21-14-2)41-33(47)30-29-25(39(29,10)11)22-45(30)35(49)32(38(7,8)9)43-36(50)42-28(37(4,5)6)23-44(12)53(51,52)27-20-17-16-18-24(27)3/h14,16-18,20,25-26,28-30,32H,2,13,15,19,21-23H2,1,3-12H3,(H,40,48)(H,41,47)(H2,42,43,50)/t25-,26?,28+,29-,30-,32+/m0/s1. The Kier molecular flexibility index (Phi) is 13.8. The summed E-state index contributed by atoms with van der Waals surface area (Å²) in [6, 6.07) is 2.38. The Morgan fingerprint density at radius 1 is 1.02 bits per heavy atom. The molecule has 2 fully saturated rings. The van der Waals surface area contributed by atoms with Crippen molar-refractivity contribution in [3.05, 3.63) is 42.5 Å². The first kappa shape index (κ1) is 43.6. The average Bonchev–Trinajstić information content (AvgIpc) is 3.36. The molecule has 1 aliphatic carbocycles. The molecule has 4 N–H and O–H groups in total. The fourth-order valence-corrected chi connectivity index (χ4v) is 8.61. The lowest BCUT2D eigenvalue weighted by Crippen LogP contribution is -2.62. The molecule has 1 aromatic rings. The molecule has 0 radical (unpaired) electrons. The van der Waals surface area contributed by atoms with Crippen molar-refractivity contribution in [2.75, 3.05) is 26.7 Å². The number of nitrogens with zero attached hydrogens (tertiary/aromatic N) is 2. The van der Waals surface area contributed by atoms with Gasteiger partial charge in [0.1, 0.15) is 12.1 Å². The summed E-state index contributed by atoms with van der Waals surface area (Å²) in [4.78, 5) is 69.8. The lowest BCUT2D eigenvalue weighted by atomic mass is 9.85. The van der Waals surface area contributed by atoms with Gasteiger partial charge < -0.3 is 26.2 Å². The highest BCUT2D eigenvalue weighted by molar-refractivity contribution is 7.89. The Bertz CT molecular complexity index is 1660. The van der Waals surface area contributed by atoms with Crippen LogP contribution in [0.15, 0.2) is 41.8 Å². The van der Waals surface area contributed by atoms with E-state index in [0.29, 0.717) is 18.5 Å². The number of likely N-dealkylation sites (N-methyl/N-ethyl adjacent to an activating group) is 1. The number of nitrogens with one attached hydrogen (secondary N) is 4. The van der Waals surface area contributed by atoms with Crippen molar-refractivity contribution >= 4 is 39.6 Å². The molecule has 1 unspecified atom stereocenters. The van der Waals surface area contributed by atoms with E-state index in [4.69, 9.17) is 0 Å². The number of unbranched alkanes of at least 4 members (excludes halogenated alkanes) is 1. The molecule has 1 saturated carbocycles. The number of aryl methyl sites for hydroxylation is 1. The highest BCUT2D eigenvalue weighted by Gasteiger charge is 2.70. The Morgan fingerprint density at radius 3 is 2.19 bits per heavy atom. The number of hydrogen-bond acceptors (Lipinski definition) is 7. The van der Waals surface area contributed by atoms with Gasteiger partial charge in [0.15, 0.2) is 0 Å². The van der Waals surface area contributed by atoms with E-state index < -0.39 is 74.6 Å². The van der Waals surface area contributed by atoms with Crippen molar-refractivity contribution in [1.29, 1.82) is 0 Å². The van der Waals surface area contributed by atoms with Crippen molar-refractivity contribution in [2.45, 2.75) is 118 Å². The van der Waals surface area contributed by atoms with Crippen LogP contribution < -0.4 is 21.3 Å². The summed E-state index contributed by atoms with van der Waals surface area (Å²) in [6.45, 7) is 22.8. The molecule has 53 heavy (non-hydrogen) atoms. The molecule has 0 spiro atoms. The molecule has 1 aliphatic heterocycles. The van der Waals surface area contributed by atoms with Gasteiger partial charge in [0.2, 0.25) is 27.6 Å². The van der Waals surface area contributed by atoms with E-state index in [1.165, 1.54) is 22.3 Å². The second kappa shape index (κ2) is 16.7. The number of likely N-dealkylation sites (tertiary alicyclic amines) is 1. The van der Waals surface area contributed by atoms with Gasteiger partial charge in [-0.05, 0) is 53.1 Å². The molecule has 0 bridgehead atoms. The normalized spacial score (nSPS) is 21.1. The predicted octanol–water partition coefficient (Wildman–Crippen LogP) is 3.77. The molecule has 14 heteroatoms. The van der Waals surface area contributed by atoms with E-state index in [1.807, 2.05) is 62.3 Å². The van der Waals surface area contributed by atoms with E-state index in [-0.39, 0.29) is 41.7 Å². The first-order valence-electron chi connectivity index (χ1n) is 18.5. The summed E-state index contributed by atoms with van der Waals surface area (Å²) in [6.07, 6.45) is 3.07. The summed E-state index contributed by atoms with van der Waals surface area (Å²) in [5.74, 6) is -2.66. The molecular weight excluding hydrogens is 697 g/mol. The lowest BCUT2D eigenvalue weighted by Gasteiger charge is -2.39. The first-order chi connectivity index (χ1) is 24.4. The van der Waals surface area contributed by atoms with Crippen LogP contribution in [-0.4, -0.2) is 98.0 Å². The van der Waals surface area contributed by atoms with Crippen LogP contribution in [0.25, 0.3) is 0 Å². The molecule has 2 aliphatic rings. The smallest absolute Gasteiger partial charge is 0.315 e. The highest BCUT2D eigenvalue weighted by atomic mass is 32.2. The molecule has 13 nitrogen and oxygen atoms in total. The van der Waals surface area contributed by atoms with Crippen LogP contribution in [0.4, 0.5) is 4.79 Å². The van der Waals surface area contributed by atoms with Crippen molar-refractivity contribution in [2.24, 2.45) is 28.1 Å². The van der Waals surface area contributed by atoms with E-state index in [2.05, 4.69) is 27.8 Å².